The lowest BCUT2D eigenvalue weighted by atomic mass is 10.2. The second-order valence-corrected chi connectivity index (χ2v) is 9.24. The lowest BCUT2D eigenvalue weighted by Crippen LogP contribution is -2.31. The number of hydrogen-bond donors (Lipinski definition) is 0. The van der Waals surface area contributed by atoms with Crippen LogP contribution in [-0.4, -0.2) is 42.2 Å². The SMILES string of the molecule is COc1ccc(-c2nnc(SCC(=O)N(Cc3cccs3)c3ccc4c(c3)OCCO4)o2)cc1. The molecule has 0 N–H and O–H groups in total. The first-order chi connectivity index (χ1) is 16.7. The van der Waals surface area contributed by atoms with Gasteiger partial charge in [0.25, 0.3) is 5.22 Å². The number of rotatable bonds is 8. The van der Waals surface area contributed by atoms with Crippen LogP contribution in [0.25, 0.3) is 11.5 Å². The molecule has 1 amide bonds. The van der Waals surface area contributed by atoms with Crippen molar-refractivity contribution < 1.29 is 23.4 Å². The Bertz CT molecular complexity index is 1260. The zero-order valence-electron chi connectivity index (χ0n) is 18.3. The van der Waals surface area contributed by atoms with Gasteiger partial charge in [0.2, 0.25) is 11.8 Å². The van der Waals surface area contributed by atoms with Gasteiger partial charge in [0.15, 0.2) is 11.5 Å². The van der Waals surface area contributed by atoms with E-state index in [1.54, 1.807) is 23.3 Å². The summed E-state index contributed by atoms with van der Waals surface area (Å²) in [5.74, 6) is 2.52. The smallest absolute Gasteiger partial charge is 0.277 e. The lowest BCUT2D eigenvalue weighted by molar-refractivity contribution is -0.116. The van der Waals surface area contributed by atoms with Crippen LogP contribution in [0.2, 0.25) is 0 Å². The van der Waals surface area contributed by atoms with Gasteiger partial charge in [-0.05, 0) is 47.8 Å². The van der Waals surface area contributed by atoms with Gasteiger partial charge in [0.1, 0.15) is 19.0 Å². The number of hydrogen-bond acceptors (Lipinski definition) is 9. The number of methoxy groups -OCH3 is 1. The van der Waals surface area contributed by atoms with Gasteiger partial charge in [-0.15, -0.1) is 21.5 Å². The van der Waals surface area contributed by atoms with Gasteiger partial charge < -0.3 is 23.5 Å². The van der Waals surface area contributed by atoms with E-state index in [0.29, 0.717) is 42.4 Å². The maximum absolute atomic E-state index is 13.3. The van der Waals surface area contributed by atoms with Crippen LogP contribution in [0.1, 0.15) is 4.88 Å². The summed E-state index contributed by atoms with van der Waals surface area (Å²) >= 11 is 2.81. The van der Waals surface area contributed by atoms with E-state index < -0.39 is 0 Å². The number of thiophene rings is 1. The van der Waals surface area contributed by atoms with E-state index in [1.165, 1.54) is 11.8 Å². The van der Waals surface area contributed by atoms with Crippen molar-refractivity contribution in [1.29, 1.82) is 0 Å². The van der Waals surface area contributed by atoms with Crippen molar-refractivity contribution in [1.82, 2.24) is 10.2 Å². The highest BCUT2D eigenvalue weighted by atomic mass is 32.2. The molecule has 1 aliphatic heterocycles. The number of ether oxygens (including phenoxy) is 3. The molecule has 174 valence electrons. The molecule has 4 aromatic rings. The monoisotopic (exact) mass is 495 g/mol. The molecular weight excluding hydrogens is 474 g/mol. The minimum absolute atomic E-state index is 0.0840. The summed E-state index contributed by atoms with van der Waals surface area (Å²) in [6.07, 6.45) is 0. The van der Waals surface area contributed by atoms with E-state index in [-0.39, 0.29) is 11.7 Å². The number of benzene rings is 2. The van der Waals surface area contributed by atoms with Crippen molar-refractivity contribution in [3.05, 3.63) is 64.9 Å². The number of carbonyl (C=O) groups excluding carboxylic acids is 1. The number of nitrogens with zero attached hydrogens (tertiary/aromatic N) is 3. The molecule has 3 heterocycles. The van der Waals surface area contributed by atoms with E-state index in [2.05, 4.69) is 10.2 Å². The van der Waals surface area contributed by atoms with Crippen LogP contribution in [0.3, 0.4) is 0 Å². The molecule has 0 saturated carbocycles. The molecule has 5 rings (SSSR count). The highest BCUT2D eigenvalue weighted by Crippen LogP contribution is 2.35. The summed E-state index contributed by atoms with van der Waals surface area (Å²) in [6, 6.07) is 16.9. The van der Waals surface area contributed by atoms with Crippen LogP contribution in [0.4, 0.5) is 5.69 Å². The maximum atomic E-state index is 13.3. The minimum Gasteiger partial charge on any atom is -0.497 e. The van der Waals surface area contributed by atoms with Crippen molar-refractivity contribution >= 4 is 34.7 Å². The third-order valence-electron chi connectivity index (χ3n) is 5.10. The molecule has 34 heavy (non-hydrogen) atoms. The molecule has 0 unspecified atom stereocenters. The Morgan fingerprint density at radius 3 is 2.68 bits per heavy atom. The number of fused-ring (bicyclic) bond motifs is 1. The van der Waals surface area contributed by atoms with Gasteiger partial charge in [-0.25, -0.2) is 0 Å². The largest absolute Gasteiger partial charge is 0.497 e. The summed E-state index contributed by atoms with van der Waals surface area (Å²) in [5, 5.41) is 10.5. The Hall–Kier alpha value is -3.50. The molecule has 2 aromatic heterocycles. The van der Waals surface area contributed by atoms with E-state index in [1.807, 2.05) is 60.0 Å². The molecule has 0 spiro atoms. The quantitative estimate of drug-likeness (QED) is 0.319. The van der Waals surface area contributed by atoms with Crippen molar-refractivity contribution in [3.63, 3.8) is 0 Å². The first-order valence-corrected chi connectivity index (χ1v) is 12.4. The Morgan fingerprint density at radius 2 is 1.91 bits per heavy atom. The van der Waals surface area contributed by atoms with Crippen LogP contribution >= 0.6 is 23.1 Å². The average Bonchev–Trinajstić information content (AvgIpc) is 3.58. The van der Waals surface area contributed by atoms with E-state index >= 15 is 0 Å². The fourth-order valence-corrected chi connectivity index (χ4v) is 4.73. The minimum atomic E-state index is -0.0840. The fourth-order valence-electron chi connectivity index (χ4n) is 3.40. The molecule has 1 aliphatic rings. The number of anilines is 1. The van der Waals surface area contributed by atoms with Crippen LogP contribution in [0.15, 0.2) is 69.6 Å². The van der Waals surface area contributed by atoms with Gasteiger partial charge in [0, 0.05) is 22.2 Å². The van der Waals surface area contributed by atoms with Crippen LogP contribution in [0.5, 0.6) is 17.2 Å². The van der Waals surface area contributed by atoms with Gasteiger partial charge in [-0.1, -0.05) is 17.8 Å². The van der Waals surface area contributed by atoms with Gasteiger partial charge in [-0.3, -0.25) is 4.79 Å². The molecule has 0 bridgehead atoms. The summed E-state index contributed by atoms with van der Waals surface area (Å²) in [7, 11) is 1.61. The Labute approximate surface area is 204 Å². The van der Waals surface area contributed by atoms with E-state index in [0.717, 1.165) is 21.9 Å². The zero-order valence-corrected chi connectivity index (χ0v) is 19.9. The Kier molecular flexibility index (Phi) is 6.68. The lowest BCUT2D eigenvalue weighted by Gasteiger charge is -2.25. The number of thioether (sulfide) groups is 1. The molecule has 2 aromatic carbocycles. The first kappa shape index (κ1) is 22.3. The topological polar surface area (TPSA) is 86.9 Å². The molecular formula is C24H21N3O5S2. The molecule has 0 radical (unpaired) electrons. The summed E-state index contributed by atoms with van der Waals surface area (Å²) in [4.78, 5) is 16.1. The average molecular weight is 496 g/mol. The molecule has 0 atom stereocenters. The van der Waals surface area contributed by atoms with Crippen molar-refractivity contribution in [3.8, 4) is 28.7 Å². The molecule has 0 aliphatic carbocycles. The first-order valence-electron chi connectivity index (χ1n) is 10.5. The summed E-state index contributed by atoms with van der Waals surface area (Å²) in [6.45, 7) is 1.46. The Morgan fingerprint density at radius 1 is 1.09 bits per heavy atom. The summed E-state index contributed by atoms with van der Waals surface area (Å²) in [5.41, 5.74) is 1.52. The normalized spacial score (nSPS) is 12.4. The predicted octanol–water partition coefficient (Wildman–Crippen LogP) is 4.90. The molecule has 0 fully saturated rings. The zero-order chi connectivity index (χ0) is 23.3. The van der Waals surface area contributed by atoms with Gasteiger partial charge in [-0.2, -0.15) is 0 Å². The highest BCUT2D eigenvalue weighted by molar-refractivity contribution is 7.99. The van der Waals surface area contributed by atoms with Crippen LogP contribution < -0.4 is 19.1 Å². The van der Waals surface area contributed by atoms with Crippen molar-refractivity contribution in [2.45, 2.75) is 11.8 Å². The predicted molar refractivity (Wildman–Crippen MR) is 130 cm³/mol. The fraction of sp³-hybridized carbons (Fsp3) is 0.208. The van der Waals surface area contributed by atoms with Crippen molar-refractivity contribution in [2.75, 3.05) is 31.0 Å². The van der Waals surface area contributed by atoms with Crippen LogP contribution in [-0.2, 0) is 11.3 Å². The molecule has 8 nitrogen and oxygen atoms in total. The van der Waals surface area contributed by atoms with E-state index in [4.69, 9.17) is 18.6 Å². The third-order valence-corrected chi connectivity index (χ3v) is 6.76. The summed E-state index contributed by atoms with van der Waals surface area (Å²) < 4.78 is 22.3. The number of aromatic nitrogens is 2. The van der Waals surface area contributed by atoms with Crippen LogP contribution in [0, 0.1) is 0 Å². The van der Waals surface area contributed by atoms with E-state index in [9.17, 15) is 4.79 Å². The highest BCUT2D eigenvalue weighted by Gasteiger charge is 2.21. The number of amides is 1. The number of carbonyl (C=O) groups is 1. The van der Waals surface area contributed by atoms with Gasteiger partial charge in [0.05, 0.1) is 19.4 Å². The second kappa shape index (κ2) is 10.2. The molecule has 0 saturated heterocycles. The second-order valence-electron chi connectivity index (χ2n) is 7.28. The standard InChI is InChI=1S/C24H21N3O5S2/c1-29-18-7-4-16(5-8-18)23-25-26-24(32-23)34-15-22(28)27(14-19-3-2-12-33-19)17-6-9-20-21(13-17)31-11-10-30-20/h2-9,12-13H,10-11,14-15H2,1H3. The maximum Gasteiger partial charge on any atom is 0.277 e. The third kappa shape index (κ3) is 5.02. The molecule has 10 heteroatoms. The Balaban J connectivity index is 1.30. The van der Waals surface area contributed by atoms with Gasteiger partial charge >= 0.3 is 0 Å². The van der Waals surface area contributed by atoms with Crippen molar-refractivity contribution in [2.24, 2.45) is 0 Å².